The van der Waals surface area contributed by atoms with Crippen molar-refractivity contribution in [2.75, 3.05) is 18.1 Å². The van der Waals surface area contributed by atoms with Crippen LogP contribution in [0, 0.1) is 5.92 Å². The van der Waals surface area contributed by atoms with Crippen LogP contribution in [0.25, 0.3) is 0 Å². The molecule has 0 aromatic carbocycles. The van der Waals surface area contributed by atoms with Gasteiger partial charge in [-0.2, -0.15) is 0 Å². The van der Waals surface area contributed by atoms with E-state index in [1.807, 2.05) is 0 Å². The second kappa shape index (κ2) is 3.72. The summed E-state index contributed by atoms with van der Waals surface area (Å²) in [6.07, 6.45) is 0.552. The standard InChI is InChI=1S/C7H15NO3S/c8-3-1-7(9)6-2-4-12(10,11)5-6/h6-7,9H,1-5,8H2. The molecule has 72 valence electrons. The summed E-state index contributed by atoms with van der Waals surface area (Å²) >= 11 is 0. The fraction of sp³-hybridized carbons (Fsp3) is 1.00. The van der Waals surface area contributed by atoms with E-state index in [1.54, 1.807) is 0 Å². The Morgan fingerprint density at radius 1 is 1.58 bits per heavy atom. The molecule has 0 aromatic rings. The van der Waals surface area contributed by atoms with E-state index in [4.69, 9.17) is 5.73 Å². The van der Waals surface area contributed by atoms with Crippen LogP contribution in [0.3, 0.4) is 0 Å². The zero-order valence-electron chi connectivity index (χ0n) is 6.94. The summed E-state index contributed by atoms with van der Waals surface area (Å²) in [6, 6.07) is 0. The Morgan fingerprint density at radius 3 is 2.67 bits per heavy atom. The Morgan fingerprint density at radius 2 is 2.25 bits per heavy atom. The molecule has 1 rings (SSSR count). The lowest BCUT2D eigenvalue weighted by Crippen LogP contribution is -2.24. The van der Waals surface area contributed by atoms with E-state index in [0.717, 1.165) is 0 Å². The van der Waals surface area contributed by atoms with Gasteiger partial charge in [0.2, 0.25) is 0 Å². The van der Waals surface area contributed by atoms with Gasteiger partial charge in [0, 0.05) is 0 Å². The van der Waals surface area contributed by atoms with E-state index in [1.165, 1.54) is 0 Å². The largest absolute Gasteiger partial charge is 0.393 e. The lowest BCUT2D eigenvalue weighted by atomic mass is 10.00. The average Bonchev–Trinajstić information content (AvgIpc) is 2.31. The minimum Gasteiger partial charge on any atom is -0.393 e. The summed E-state index contributed by atoms with van der Waals surface area (Å²) < 4.78 is 22.0. The zero-order valence-corrected chi connectivity index (χ0v) is 7.76. The first kappa shape index (κ1) is 9.95. The third-order valence-electron chi connectivity index (χ3n) is 2.27. The minimum absolute atomic E-state index is 0.0847. The molecule has 0 bridgehead atoms. The van der Waals surface area contributed by atoms with Crippen molar-refractivity contribution in [2.45, 2.75) is 18.9 Å². The van der Waals surface area contributed by atoms with E-state index in [-0.39, 0.29) is 17.4 Å². The smallest absolute Gasteiger partial charge is 0.150 e. The van der Waals surface area contributed by atoms with Crippen LogP contribution < -0.4 is 5.73 Å². The van der Waals surface area contributed by atoms with Crippen LogP contribution in [0.5, 0.6) is 0 Å². The fourth-order valence-electron chi connectivity index (χ4n) is 1.53. The summed E-state index contributed by atoms with van der Waals surface area (Å²) in [5.74, 6) is 0.270. The molecule has 12 heavy (non-hydrogen) atoms. The normalized spacial score (nSPS) is 30.3. The third kappa shape index (κ3) is 2.43. The molecule has 1 aliphatic heterocycles. The Labute approximate surface area is 72.7 Å². The molecule has 3 N–H and O–H groups in total. The fourth-order valence-corrected chi connectivity index (χ4v) is 3.40. The number of rotatable bonds is 3. The first-order valence-electron chi connectivity index (χ1n) is 4.14. The Hall–Kier alpha value is -0.130. The van der Waals surface area contributed by atoms with Crippen molar-refractivity contribution in [1.82, 2.24) is 0 Å². The molecular weight excluding hydrogens is 178 g/mol. The maximum Gasteiger partial charge on any atom is 0.150 e. The van der Waals surface area contributed by atoms with Crippen molar-refractivity contribution in [3.63, 3.8) is 0 Å². The monoisotopic (exact) mass is 193 g/mol. The highest BCUT2D eigenvalue weighted by Gasteiger charge is 2.32. The average molecular weight is 193 g/mol. The van der Waals surface area contributed by atoms with E-state index >= 15 is 0 Å². The van der Waals surface area contributed by atoms with Crippen LogP contribution in [-0.4, -0.2) is 37.7 Å². The number of aliphatic hydroxyl groups excluding tert-OH is 1. The van der Waals surface area contributed by atoms with E-state index < -0.39 is 15.9 Å². The first-order chi connectivity index (χ1) is 5.55. The van der Waals surface area contributed by atoms with Crippen LogP contribution in [0.2, 0.25) is 0 Å². The van der Waals surface area contributed by atoms with E-state index in [0.29, 0.717) is 19.4 Å². The van der Waals surface area contributed by atoms with Crippen LogP contribution in [0.15, 0.2) is 0 Å². The highest BCUT2D eigenvalue weighted by molar-refractivity contribution is 7.91. The van der Waals surface area contributed by atoms with Gasteiger partial charge in [-0.1, -0.05) is 0 Å². The summed E-state index contributed by atoms with van der Waals surface area (Å²) in [4.78, 5) is 0. The van der Waals surface area contributed by atoms with Crippen molar-refractivity contribution in [2.24, 2.45) is 11.7 Å². The molecular formula is C7H15NO3S. The molecule has 0 aliphatic carbocycles. The molecule has 0 aromatic heterocycles. The van der Waals surface area contributed by atoms with Crippen LogP contribution >= 0.6 is 0 Å². The molecule has 0 saturated carbocycles. The van der Waals surface area contributed by atoms with Gasteiger partial charge >= 0.3 is 0 Å². The van der Waals surface area contributed by atoms with Gasteiger partial charge in [0.25, 0.3) is 0 Å². The first-order valence-corrected chi connectivity index (χ1v) is 5.96. The van der Waals surface area contributed by atoms with Gasteiger partial charge in [-0.25, -0.2) is 8.42 Å². The number of nitrogens with two attached hydrogens (primary N) is 1. The second-order valence-electron chi connectivity index (χ2n) is 3.31. The summed E-state index contributed by atoms with van der Waals surface area (Å²) in [7, 11) is -2.86. The minimum atomic E-state index is -2.86. The molecule has 1 heterocycles. The van der Waals surface area contributed by atoms with Crippen molar-refractivity contribution in [1.29, 1.82) is 0 Å². The molecule has 4 nitrogen and oxygen atoms in total. The highest BCUT2D eigenvalue weighted by atomic mass is 32.2. The summed E-state index contributed by atoms with van der Waals surface area (Å²) in [5, 5.41) is 9.44. The lowest BCUT2D eigenvalue weighted by molar-refractivity contribution is 0.113. The maximum atomic E-state index is 11.0. The van der Waals surface area contributed by atoms with Crippen molar-refractivity contribution >= 4 is 9.84 Å². The molecule has 1 fully saturated rings. The van der Waals surface area contributed by atoms with Gasteiger partial charge in [-0.05, 0) is 25.3 Å². The van der Waals surface area contributed by atoms with Gasteiger partial charge in [-0.15, -0.1) is 0 Å². The van der Waals surface area contributed by atoms with Crippen LogP contribution in [0.1, 0.15) is 12.8 Å². The topological polar surface area (TPSA) is 80.4 Å². The quantitative estimate of drug-likeness (QED) is 0.610. The Kier molecular flexibility index (Phi) is 3.09. The van der Waals surface area contributed by atoms with Gasteiger partial charge in [-0.3, -0.25) is 0 Å². The van der Waals surface area contributed by atoms with Crippen molar-refractivity contribution in [3.05, 3.63) is 0 Å². The predicted octanol–water partition coefficient (Wildman–Crippen LogP) is -0.869. The predicted molar refractivity (Wildman–Crippen MR) is 46.4 cm³/mol. The number of hydrogen-bond acceptors (Lipinski definition) is 4. The van der Waals surface area contributed by atoms with Gasteiger partial charge in [0.1, 0.15) is 0 Å². The molecule has 0 spiro atoms. The van der Waals surface area contributed by atoms with Gasteiger partial charge in [0.15, 0.2) is 9.84 Å². The maximum absolute atomic E-state index is 11.0. The number of hydrogen-bond donors (Lipinski definition) is 2. The molecule has 0 amide bonds. The molecule has 5 heteroatoms. The van der Waals surface area contributed by atoms with Crippen molar-refractivity contribution < 1.29 is 13.5 Å². The summed E-state index contributed by atoms with van der Waals surface area (Å²) in [5.41, 5.74) is 5.26. The zero-order chi connectivity index (χ0) is 9.19. The second-order valence-corrected chi connectivity index (χ2v) is 5.54. The highest BCUT2D eigenvalue weighted by Crippen LogP contribution is 2.22. The SMILES string of the molecule is NCCC(O)C1CCS(=O)(=O)C1. The van der Waals surface area contributed by atoms with Gasteiger partial charge < -0.3 is 10.8 Å². The number of aliphatic hydroxyl groups is 1. The van der Waals surface area contributed by atoms with E-state index in [9.17, 15) is 13.5 Å². The molecule has 2 unspecified atom stereocenters. The van der Waals surface area contributed by atoms with Gasteiger partial charge in [0.05, 0.1) is 17.6 Å². The summed E-state index contributed by atoms with van der Waals surface area (Å²) in [6.45, 7) is 0.414. The van der Waals surface area contributed by atoms with E-state index in [2.05, 4.69) is 0 Å². The van der Waals surface area contributed by atoms with Crippen molar-refractivity contribution in [3.8, 4) is 0 Å². The molecule has 1 saturated heterocycles. The third-order valence-corrected chi connectivity index (χ3v) is 4.07. The molecule has 1 aliphatic rings. The Bertz CT molecular complexity index is 237. The lowest BCUT2D eigenvalue weighted by Gasteiger charge is -2.14. The molecule has 0 radical (unpaired) electrons. The Balaban J connectivity index is 2.46. The van der Waals surface area contributed by atoms with Crippen LogP contribution in [0.4, 0.5) is 0 Å². The molecule has 2 atom stereocenters. The van der Waals surface area contributed by atoms with Crippen LogP contribution in [-0.2, 0) is 9.84 Å². The number of sulfone groups is 1.